The summed E-state index contributed by atoms with van der Waals surface area (Å²) in [5.41, 5.74) is 0. The molecule has 0 saturated heterocycles. The van der Waals surface area contributed by atoms with Gasteiger partial charge in [0.15, 0.2) is 5.79 Å². The van der Waals surface area contributed by atoms with Crippen molar-refractivity contribution in [3.63, 3.8) is 0 Å². The van der Waals surface area contributed by atoms with Crippen LogP contribution in [0, 0.1) is 5.92 Å². The summed E-state index contributed by atoms with van der Waals surface area (Å²) in [6.07, 6.45) is 4.62. The molecule has 1 atom stereocenters. The SMILES string of the molecule is CC1C=CC(O)(O)CC1. The van der Waals surface area contributed by atoms with Crippen molar-refractivity contribution in [1.29, 1.82) is 0 Å². The van der Waals surface area contributed by atoms with Crippen molar-refractivity contribution in [3.8, 4) is 0 Å². The molecule has 1 aliphatic carbocycles. The van der Waals surface area contributed by atoms with Gasteiger partial charge in [0.1, 0.15) is 0 Å². The maximum atomic E-state index is 8.96. The predicted octanol–water partition coefficient (Wildman–Crippen LogP) is 0.653. The van der Waals surface area contributed by atoms with Gasteiger partial charge < -0.3 is 10.2 Å². The summed E-state index contributed by atoms with van der Waals surface area (Å²) in [7, 11) is 0. The summed E-state index contributed by atoms with van der Waals surface area (Å²) in [6, 6.07) is 0. The molecule has 0 aromatic carbocycles. The Morgan fingerprint density at radius 1 is 1.56 bits per heavy atom. The fourth-order valence-corrected chi connectivity index (χ4v) is 0.938. The number of allylic oxidation sites excluding steroid dienone is 1. The summed E-state index contributed by atoms with van der Waals surface area (Å²) in [4.78, 5) is 0. The van der Waals surface area contributed by atoms with Gasteiger partial charge in [0.25, 0.3) is 0 Å². The quantitative estimate of drug-likeness (QED) is 0.371. The predicted molar refractivity (Wildman–Crippen MR) is 34.7 cm³/mol. The van der Waals surface area contributed by atoms with E-state index in [0.717, 1.165) is 6.42 Å². The highest BCUT2D eigenvalue weighted by molar-refractivity contribution is 5.00. The summed E-state index contributed by atoms with van der Waals surface area (Å²) in [5.74, 6) is -1.02. The molecule has 0 saturated carbocycles. The van der Waals surface area contributed by atoms with E-state index in [1.54, 1.807) is 0 Å². The molecular weight excluding hydrogens is 116 g/mol. The van der Waals surface area contributed by atoms with Crippen LogP contribution in [0.4, 0.5) is 0 Å². The molecule has 2 heteroatoms. The lowest BCUT2D eigenvalue weighted by molar-refractivity contribution is -0.128. The molecule has 1 aliphatic rings. The minimum atomic E-state index is -1.52. The van der Waals surface area contributed by atoms with Gasteiger partial charge in [-0.25, -0.2) is 0 Å². The number of hydrogen-bond donors (Lipinski definition) is 2. The third-order valence-electron chi connectivity index (χ3n) is 1.66. The molecule has 0 heterocycles. The Labute approximate surface area is 54.8 Å². The zero-order valence-electron chi connectivity index (χ0n) is 5.54. The lowest BCUT2D eigenvalue weighted by atomic mass is 9.94. The van der Waals surface area contributed by atoms with E-state index in [-0.39, 0.29) is 0 Å². The van der Waals surface area contributed by atoms with Crippen molar-refractivity contribution in [2.45, 2.75) is 25.6 Å². The first-order valence-electron chi connectivity index (χ1n) is 3.24. The number of rotatable bonds is 0. The smallest absolute Gasteiger partial charge is 0.182 e. The standard InChI is InChI=1S/C7H12O2/c1-6-2-4-7(8,9)5-3-6/h2,4,6,8-9H,3,5H2,1H3. The molecule has 0 aromatic rings. The lowest BCUT2D eigenvalue weighted by Crippen LogP contribution is -2.28. The van der Waals surface area contributed by atoms with Crippen LogP contribution in [0.1, 0.15) is 19.8 Å². The van der Waals surface area contributed by atoms with E-state index < -0.39 is 5.79 Å². The van der Waals surface area contributed by atoms with E-state index in [9.17, 15) is 0 Å². The normalized spacial score (nSPS) is 32.6. The summed E-state index contributed by atoms with van der Waals surface area (Å²) >= 11 is 0. The number of aliphatic hydroxyl groups is 2. The molecule has 0 fully saturated rings. The van der Waals surface area contributed by atoms with Crippen LogP contribution in [0.2, 0.25) is 0 Å². The Hall–Kier alpha value is -0.340. The topological polar surface area (TPSA) is 40.5 Å². The van der Waals surface area contributed by atoms with E-state index in [1.165, 1.54) is 6.08 Å². The van der Waals surface area contributed by atoms with Gasteiger partial charge in [-0.2, -0.15) is 0 Å². The average molecular weight is 128 g/mol. The molecule has 0 bridgehead atoms. The molecule has 0 aliphatic heterocycles. The zero-order chi connectivity index (χ0) is 6.91. The van der Waals surface area contributed by atoms with Crippen LogP contribution < -0.4 is 0 Å². The van der Waals surface area contributed by atoms with Crippen molar-refractivity contribution in [1.82, 2.24) is 0 Å². The highest BCUT2D eigenvalue weighted by Crippen LogP contribution is 2.22. The van der Waals surface area contributed by atoms with Crippen LogP contribution in [0.15, 0.2) is 12.2 Å². The van der Waals surface area contributed by atoms with Crippen LogP contribution >= 0.6 is 0 Å². The molecule has 9 heavy (non-hydrogen) atoms. The van der Waals surface area contributed by atoms with Crippen molar-refractivity contribution in [3.05, 3.63) is 12.2 Å². The van der Waals surface area contributed by atoms with Gasteiger partial charge in [-0.3, -0.25) is 0 Å². The second kappa shape index (κ2) is 2.12. The maximum Gasteiger partial charge on any atom is 0.182 e. The molecule has 0 radical (unpaired) electrons. The van der Waals surface area contributed by atoms with Crippen molar-refractivity contribution in [2.24, 2.45) is 5.92 Å². The van der Waals surface area contributed by atoms with Gasteiger partial charge in [-0.15, -0.1) is 0 Å². The largest absolute Gasteiger partial charge is 0.362 e. The molecule has 2 N–H and O–H groups in total. The van der Waals surface area contributed by atoms with E-state index in [2.05, 4.69) is 6.92 Å². The van der Waals surface area contributed by atoms with Gasteiger partial charge in [-0.05, 0) is 18.4 Å². The van der Waals surface area contributed by atoms with Gasteiger partial charge in [-0.1, -0.05) is 13.0 Å². The lowest BCUT2D eigenvalue weighted by Gasteiger charge is -2.23. The summed E-state index contributed by atoms with van der Waals surface area (Å²) in [5, 5.41) is 17.9. The minimum absolute atomic E-state index is 0.463. The van der Waals surface area contributed by atoms with Crippen molar-refractivity contribution >= 4 is 0 Å². The molecule has 52 valence electrons. The van der Waals surface area contributed by atoms with Gasteiger partial charge in [0.2, 0.25) is 0 Å². The molecule has 1 unspecified atom stereocenters. The fourth-order valence-electron chi connectivity index (χ4n) is 0.938. The van der Waals surface area contributed by atoms with Crippen LogP contribution in [-0.4, -0.2) is 16.0 Å². The fraction of sp³-hybridized carbons (Fsp3) is 0.714. The average Bonchev–Trinajstić information content (AvgIpc) is 1.78. The van der Waals surface area contributed by atoms with Crippen LogP contribution in [-0.2, 0) is 0 Å². The van der Waals surface area contributed by atoms with Gasteiger partial charge in [0.05, 0.1) is 0 Å². The van der Waals surface area contributed by atoms with Crippen LogP contribution in [0.5, 0.6) is 0 Å². The Morgan fingerprint density at radius 3 is 2.56 bits per heavy atom. The Bertz CT molecular complexity index is 127. The summed E-state index contributed by atoms with van der Waals surface area (Å²) < 4.78 is 0. The molecular formula is C7H12O2. The highest BCUT2D eigenvalue weighted by atomic mass is 16.5. The molecule has 2 nitrogen and oxygen atoms in total. The van der Waals surface area contributed by atoms with E-state index >= 15 is 0 Å². The van der Waals surface area contributed by atoms with Crippen LogP contribution in [0.3, 0.4) is 0 Å². The minimum Gasteiger partial charge on any atom is -0.362 e. The monoisotopic (exact) mass is 128 g/mol. The highest BCUT2D eigenvalue weighted by Gasteiger charge is 2.22. The molecule has 0 spiro atoms. The van der Waals surface area contributed by atoms with Crippen molar-refractivity contribution in [2.75, 3.05) is 0 Å². The molecule has 1 rings (SSSR count). The van der Waals surface area contributed by atoms with Crippen LogP contribution in [0.25, 0.3) is 0 Å². The number of hydrogen-bond acceptors (Lipinski definition) is 2. The molecule has 0 aromatic heterocycles. The second-order valence-electron chi connectivity index (χ2n) is 2.75. The maximum absolute atomic E-state index is 8.96. The van der Waals surface area contributed by atoms with E-state index in [1.807, 2.05) is 6.08 Å². The Balaban J connectivity index is 2.58. The van der Waals surface area contributed by atoms with Gasteiger partial charge >= 0.3 is 0 Å². The first-order valence-corrected chi connectivity index (χ1v) is 3.24. The van der Waals surface area contributed by atoms with Crippen molar-refractivity contribution < 1.29 is 10.2 Å². The third kappa shape index (κ3) is 1.80. The summed E-state index contributed by atoms with van der Waals surface area (Å²) in [6.45, 7) is 2.06. The van der Waals surface area contributed by atoms with E-state index in [0.29, 0.717) is 12.3 Å². The van der Waals surface area contributed by atoms with Gasteiger partial charge in [0, 0.05) is 6.42 Å². The Kier molecular flexibility index (Phi) is 1.60. The first kappa shape index (κ1) is 6.78. The molecule has 0 amide bonds. The first-order chi connectivity index (χ1) is 4.10. The third-order valence-corrected chi connectivity index (χ3v) is 1.66. The second-order valence-corrected chi connectivity index (χ2v) is 2.75. The Morgan fingerprint density at radius 2 is 2.22 bits per heavy atom. The van der Waals surface area contributed by atoms with E-state index in [4.69, 9.17) is 10.2 Å². The zero-order valence-corrected chi connectivity index (χ0v) is 5.54.